The van der Waals surface area contributed by atoms with Crippen LogP contribution in [0.5, 0.6) is 0 Å². The minimum absolute atomic E-state index is 0.229. The number of carboxylic acid groups (broad SMARTS) is 1. The smallest absolute Gasteiger partial charge is 0.331 e. The molecule has 0 aliphatic heterocycles. The lowest BCUT2D eigenvalue weighted by atomic mass is 9.99. The SMILES string of the molecule is C=C(Cc1ccc(C(C)C)cc1)C(=O)O. The molecule has 1 rings (SSSR count). The fourth-order valence-corrected chi connectivity index (χ4v) is 1.34. The Morgan fingerprint density at radius 2 is 1.87 bits per heavy atom. The molecule has 0 spiro atoms. The lowest BCUT2D eigenvalue weighted by molar-refractivity contribution is -0.132. The van der Waals surface area contributed by atoms with Crippen molar-refractivity contribution in [2.24, 2.45) is 0 Å². The number of carbonyl (C=O) groups is 1. The zero-order valence-corrected chi connectivity index (χ0v) is 9.16. The van der Waals surface area contributed by atoms with Crippen LogP contribution in [0, 0.1) is 0 Å². The molecular formula is C13H16O2. The Labute approximate surface area is 90.3 Å². The summed E-state index contributed by atoms with van der Waals surface area (Å²) in [5.74, 6) is -0.426. The van der Waals surface area contributed by atoms with Crippen LogP contribution in [-0.4, -0.2) is 11.1 Å². The molecule has 15 heavy (non-hydrogen) atoms. The summed E-state index contributed by atoms with van der Waals surface area (Å²) in [5.41, 5.74) is 2.48. The van der Waals surface area contributed by atoms with Gasteiger partial charge in [-0.25, -0.2) is 4.79 Å². The number of hydrogen-bond donors (Lipinski definition) is 1. The number of hydrogen-bond acceptors (Lipinski definition) is 1. The van der Waals surface area contributed by atoms with Gasteiger partial charge >= 0.3 is 5.97 Å². The fraction of sp³-hybridized carbons (Fsp3) is 0.308. The Kier molecular flexibility index (Phi) is 3.67. The molecule has 0 bridgehead atoms. The molecule has 1 aromatic carbocycles. The molecule has 0 amide bonds. The normalized spacial score (nSPS) is 10.3. The third-order valence-corrected chi connectivity index (χ3v) is 2.37. The van der Waals surface area contributed by atoms with Crippen LogP contribution in [0.1, 0.15) is 30.9 Å². The topological polar surface area (TPSA) is 37.3 Å². The monoisotopic (exact) mass is 204 g/mol. The second-order valence-electron chi connectivity index (χ2n) is 3.98. The quantitative estimate of drug-likeness (QED) is 0.765. The van der Waals surface area contributed by atoms with Crippen molar-refractivity contribution in [2.45, 2.75) is 26.2 Å². The summed E-state index contributed by atoms with van der Waals surface area (Å²) in [4.78, 5) is 10.6. The molecule has 0 saturated heterocycles. The van der Waals surface area contributed by atoms with Crippen molar-refractivity contribution in [2.75, 3.05) is 0 Å². The Balaban J connectivity index is 2.73. The highest BCUT2D eigenvalue weighted by Gasteiger charge is 2.05. The molecule has 0 aliphatic carbocycles. The van der Waals surface area contributed by atoms with Gasteiger partial charge in [-0.2, -0.15) is 0 Å². The van der Waals surface area contributed by atoms with Crippen molar-refractivity contribution in [3.63, 3.8) is 0 Å². The van der Waals surface area contributed by atoms with Gasteiger partial charge in [-0.1, -0.05) is 44.7 Å². The van der Waals surface area contributed by atoms with E-state index in [9.17, 15) is 4.79 Å². The van der Waals surface area contributed by atoms with E-state index in [-0.39, 0.29) is 5.57 Å². The van der Waals surface area contributed by atoms with E-state index in [1.54, 1.807) is 0 Å². The van der Waals surface area contributed by atoms with E-state index >= 15 is 0 Å². The van der Waals surface area contributed by atoms with Crippen molar-refractivity contribution >= 4 is 5.97 Å². The summed E-state index contributed by atoms with van der Waals surface area (Å²) in [6, 6.07) is 8.00. The Hall–Kier alpha value is -1.57. The summed E-state index contributed by atoms with van der Waals surface area (Å²) in [6.07, 6.45) is 0.410. The minimum atomic E-state index is -0.928. The van der Waals surface area contributed by atoms with Crippen LogP contribution < -0.4 is 0 Å². The third kappa shape index (κ3) is 3.24. The fourth-order valence-electron chi connectivity index (χ4n) is 1.34. The standard InChI is InChI=1S/C13H16O2/c1-9(2)12-6-4-11(5-7-12)8-10(3)13(14)15/h4-7,9H,3,8H2,1-2H3,(H,14,15). The van der Waals surface area contributed by atoms with Gasteiger partial charge in [0.2, 0.25) is 0 Å². The van der Waals surface area contributed by atoms with Crippen molar-refractivity contribution in [3.05, 3.63) is 47.5 Å². The third-order valence-electron chi connectivity index (χ3n) is 2.37. The van der Waals surface area contributed by atoms with E-state index in [1.807, 2.05) is 24.3 Å². The molecule has 0 saturated carbocycles. The zero-order chi connectivity index (χ0) is 11.4. The molecule has 0 atom stereocenters. The highest BCUT2D eigenvalue weighted by atomic mass is 16.4. The first-order valence-electron chi connectivity index (χ1n) is 5.00. The van der Waals surface area contributed by atoms with Crippen LogP contribution in [0.4, 0.5) is 0 Å². The van der Waals surface area contributed by atoms with Crippen LogP contribution in [0.2, 0.25) is 0 Å². The number of benzene rings is 1. The predicted molar refractivity (Wildman–Crippen MR) is 61.0 cm³/mol. The van der Waals surface area contributed by atoms with Crippen molar-refractivity contribution in [1.82, 2.24) is 0 Å². The van der Waals surface area contributed by atoms with Gasteiger partial charge in [0, 0.05) is 12.0 Å². The average molecular weight is 204 g/mol. The van der Waals surface area contributed by atoms with E-state index in [0.717, 1.165) is 5.56 Å². The molecule has 1 N–H and O–H groups in total. The summed E-state index contributed by atoms with van der Waals surface area (Å²) in [5, 5.41) is 8.69. The number of carboxylic acids is 1. The lowest BCUT2D eigenvalue weighted by Crippen LogP contribution is -2.02. The van der Waals surface area contributed by atoms with E-state index in [0.29, 0.717) is 12.3 Å². The maximum atomic E-state index is 10.6. The first-order valence-corrected chi connectivity index (χ1v) is 5.00. The molecule has 0 fully saturated rings. The van der Waals surface area contributed by atoms with Crippen LogP contribution in [-0.2, 0) is 11.2 Å². The Bertz CT molecular complexity index is 361. The summed E-state index contributed by atoms with van der Waals surface area (Å²) in [6.45, 7) is 7.77. The highest BCUT2D eigenvalue weighted by Crippen LogP contribution is 2.16. The average Bonchev–Trinajstić information content (AvgIpc) is 2.18. The van der Waals surface area contributed by atoms with Gasteiger partial charge < -0.3 is 5.11 Å². The molecule has 80 valence electrons. The number of aliphatic carboxylic acids is 1. The largest absolute Gasteiger partial charge is 0.478 e. The van der Waals surface area contributed by atoms with Gasteiger partial charge in [0.1, 0.15) is 0 Å². The molecule has 0 aromatic heterocycles. The van der Waals surface area contributed by atoms with Crippen LogP contribution in [0.25, 0.3) is 0 Å². The maximum Gasteiger partial charge on any atom is 0.331 e. The minimum Gasteiger partial charge on any atom is -0.478 e. The highest BCUT2D eigenvalue weighted by molar-refractivity contribution is 5.86. The zero-order valence-electron chi connectivity index (χ0n) is 9.16. The van der Waals surface area contributed by atoms with Crippen molar-refractivity contribution in [1.29, 1.82) is 0 Å². The van der Waals surface area contributed by atoms with Gasteiger partial charge in [0.25, 0.3) is 0 Å². The van der Waals surface area contributed by atoms with Crippen molar-refractivity contribution < 1.29 is 9.90 Å². The number of rotatable bonds is 4. The second kappa shape index (κ2) is 4.78. The second-order valence-corrected chi connectivity index (χ2v) is 3.98. The maximum absolute atomic E-state index is 10.6. The van der Waals surface area contributed by atoms with Crippen molar-refractivity contribution in [3.8, 4) is 0 Å². The van der Waals surface area contributed by atoms with Gasteiger partial charge in [0.05, 0.1) is 0 Å². The molecular weight excluding hydrogens is 188 g/mol. The first kappa shape index (κ1) is 11.5. The van der Waals surface area contributed by atoms with E-state index in [1.165, 1.54) is 5.56 Å². The van der Waals surface area contributed by atoms with Crippen LogP contribution in [0.15, 0.2) is 36.4 Å². The Morgan fingerprint density at radius 3 is 2.27 bits per heavy atom. The first-order chi connectivity index (χ1) is 7.00. The van der Waals surface area contributed by atoms with Gasteiger partial charge in [-0.15, -0.1) is 0 Å². The van der Waals surface area contributed by atoms with Gasteiger partial charge in [0.15, 0.2) is 0 Å². The summed E-state index contributed by atoms with van der Waals surface area (Å²) in [7, 11) is 0. The molecule has 1 aromatic rings. The predicted octanol–water partition coefficient (Wildman–Crippen LogP) is 2.99. The summed E-state index contributed by atoms with van der Waals surface area (Å²) < 4.78 is 0. The molecule has 0 heterocycles. The summed E-state index contributed by atoms with van der Waals surface area (Å²) >= 11 is 0. The van der Waals surface area contributed by atoms with E-state index in [2.05, 4.69) is 20.4 Å². The molecule has 0 radical (unpaired) electrons. The Morgan fingerprint density at radius 1 is 1.33 bits per heavy atom. The van der Waals surface area contributed by atoms with Gasteiger partial charge in [-0.3, -0.25) is 0 Å². The van der Waals surface area contributed by atoms with E-state index in [4.69, 9.17) is 5.11 Å². The lowest BCUT2D eigenvalue weighted by Gasteiger charge is -2.06. The molecule has 0 unspecified atom stereocenters. The van der Waals surface area contributed by atoms with Gasteiger partial charge in [-0.05, 0) is 17.0 Å². The molecule has 0 aliphatic rings. The van der Waals surface area contributed by atoms with E-state index < -0.39 is 5.97 Å². The van der Waals surface area contributed by atoms with Crippen LogP contribution in [0.3, 0.4) is 0 Å². The molecule has 2 nitrogen and oxygen atoms in total. The van der Waals surface area contributed by atoms with Crippen LogP contribution >= 0.6 is 0 Å². The molecule has 2 heteroatoms.